The van der Waals surface area contributed by atoms with Crippen molar-refractivity contribution in [2.45, 2.75) is 6.92 Å². The van der Waals surface area contributed by atoms with Crippen LogP contribution in [0, 0.1) is 17.0 Å². The second kappa shape index (κ2) is 5.92. The Labute approximate surface area is 147 Å². The van der Waals surface area contributed by atoms with E-state index in [1.165, 1.54) is 12.1 Å². The highest BCUT2D eigenvalue weighted by atomic mass is 16.6. The van der Waals surface area contributed by atoms with Crippen LogP contribution < -0.4 is 0 Å². The average Bonchev–Trinajstić information content (AvgIpc) is 2.96. The summed E-state index contributed by atoms with van der Waals surface area (Å²) in [6.07, 6.45) is 1.66. The number of hydrogen-bond acceptors (Lipinski definition) is 6. The summed E-state index contributed by atoms with van der Waals surface area (Å²) in [5, 5.41) is 31.0. The van der Waals surface area contributed by atoms with E-state index < -0.39 is 4.92 Å². The molecule has 4 aromatic rings. The van der Waals surface area contributed by atoms with Crippen LogP contribution >= 0.6 is 0 Å². The second-order valence-corrected chi connectivity index (χ2v) is 5.82. The molecule has 2 heterocycles. The summed E-state index contributed by atoms with van der Waals surface area (Å²) in [5.74, 6) is -0.194. The lowest BCUT2D eigenvalue weighted by Crippen LogP contribution is -1.88. The molecule has 0 saturated carbocycles. The zero-order valence-electron chi connectivity index (χ0n) is 13.7. The highest BCUT2D eigenvalue weighted by Crippen LogP contribution is 2.39. The summed E-state index contributed by atoms with van der Waals surface area (Å²) < 4.78 is 0. The number of benzene rings is 2. The third kappa shape index (κ3) is 2.53. The van der Waals surface area contributed by atoms with Crippen LogP contribution in [-0.4, -0.2) is 20.0 Å². The molecular weight excluding hydrogens is 334 g/mol. The first-order valence-corrected chi connectivity index (χ1v) is 7.80. The van der Waals surface area contributed by atoms with Gasteiger partial charge in [-0.2, -0.15) is 0 Å². The molecule has 0 fully saturated rings. The Morgan fingerprint density at radius 2 is 2.00 bits per heavy atom. The van der Waals surface area contributed by atoms with Gasteiger partial charge in [0.2, 0.25) is 5.88 Å². The maximum Gasteiger partial charge on any atom is 0.270 e. The standard InChI is InChI=1S/C18H13N5O3/c1-10-8-12(23(25)26)9-13-15(10)20-18(24)17(13)22-21-14-6-2-4-11-5-3-7-19-16(11)14/h2-9,20,24H,1H3. The van der Waals surface area contributed by atoms with E-state index in [-0.39, 0.29) is 17.3 Å². The number of aromatic amines is 1. The van der Waals surface area contributed by atoms with Crippen LogP contribution in [0.15, 0.2) is 58.9 Å². The number of aromatic hydroxyl groups is 1. The maximum absolute atomic E-state index is 11.1. The quantitative estimate of drug-likeness (QED) is 0.306. The van der Waals surface area contributed by atoms with E-state index in [9.17, 15) is 15.2 Å². The number of non-ortho nitro benzene ring substituents is 1. The van der Waals surface area contributed by atoms with Crippen LogP contribution in [0.1, 0.15) is 5.56 Å². The lowest BCUT2D eigenvalue weighted by molar-refractivity contribution is -0.384. The van der Waals surface area contributed by atoms with Gasteiger partial charge >= 0.3 is 0 Å². The van der Waals surface area contributed by atoms with Gasteiger partial charge in [0.1, 0.15) is 5.69 Å². The molecule has 128 valence electrons. The highest BCUT2D eigenvalue weighted by Gasteiger charge is 2.17. The Morgan fingerprint density at radius 3 is 2.81 bits per heavy atom. The zero-order chi connectivity index (χ0) is 18.3. The minimum absolute atomic E-state index is 0.0720. The molecule has 0 aliphatic rings. The van der Waals surface area contributed by atoms with E-state index in [0.29, 0.717) is 27.7 Å². The summed E-state index contributed by atoms with van der Waals surface area (Å²) in [6, 6.07) is 12.1. The topological polar surface area (TPSA) is 117 Å². The SMILES string of the molecule is Cc1cc([N+](=O)[O-])cc2c(N=Nc3cccc4cccnc34)c(O)[nH]c12. The van der Waals surface area contributed by atoms with Crippen molar-refractivity contribution in [2.75, 3.05) is 0 Å². The fraction of sp³-hybridized carbons (Fsp3) is 0.0556. The van der Waals surface area contributed by atoms with E-state index in [4.69, 9.17) is 0 Å². The summed E-state index contributed by atoms with van der Waals surface area (Å²) in [5.41, 5.74) is 2.52. The van der Waals surface area contributed by atoms with Gasteiger partial charge in [0, 0.05) is 29.1 Å². The molecule has 0 saturated heterocycles. The fourth-order valence-corrected chi connectivity index (χ4v) is 2.91. The third-order valence-corrected chi connectivity index (χ3v) is 4.12. The van der Waals surface area contributed by atoms with E-state index in [2.05, 4.69) is 20.2 Å². The van der Waals surface area contributed by atoms with Crippen molar-refractivity contribution in [3.05, 3.63) is 64.3 Å². The van der Waals surface area contributed by atoms with Gasteiger partial charge in [-0.05, 0) is 24.6 Å². The fourth-order valence-electron chi connectivity index (χ4n) is 2.91. The number of rotatable bonds is 3. The van der Waals surface area contributed by atoms with Crippen molar-refractivity contribution in [3.8, 4) is 5.88 Å². The van der Waals surface area contributed by atoms with Gasteiger partial charge in [-0.1, -0.05) is 18.2 Å². The number of aryl methyl sites for hydroxylation is 1. The van der Waals surface area contributed by atoms with Gasteiger partial charge in [-0.25, -0.2) is 0 Å². The number of fused-ring (bicyclic) bond motifs is 2. The number of para-hydroxylation sites is 1. The van der Waals surface area contributed by atoms with Gasteiger partial charge in [0.25, 0.3) is 5.69 Å². The molecule has 0 atom stereocenters. The Bertz CT molecular complexity index is 1190. The summed E-state index contributed by atoms with van der Waals surface area (Å²) in [4.78, 5) is 17.7. The van der Waals surface area contributed by atoms with E-state index >= 15 is 0 Å². The van der Waals surface area contributed by atoms with Crippen LogP contribution in [0.25, 0.3) is 21.8 Å². The number of azo groups is 1. The van der Waals surface area contributed by atoms with Crippen LogP contribution in [0.4, 0.5) is 17.1 Å². The lowest BCUT2D eigenvalue weighted by atomic mass is 10.1. The molecule has 0 aliphatic heterocycles. The smallest absolute Gasteiger partial charge is 0.270 e. The molecule has 2 N–H and O–H groups in total. The van der Waals surface area contributed by atoms with E-state index in [1.54, 1.807) is 19.2 Å². The van der Waals surface area contributed by atoms with Gasteiger partial charge in [-0.3, -0.25) is 15.1 Å². The number of nitrogens with zero attached hydrogens (tertiary/aromatic N) is 4. The molecule has 26 heavy (non-hydrogen) atoms. The number of hydrogen-bond donors (Lipinski definition) is 2. The Balaban J connectivity index is 1.87. The maximum atomic E-state index is 11.1. The largest absolute Gasteiger partial charge is 0.493 e. The van der Waals surface area contributed by atoms with Gasteiger partial charge in [0.05, 0.1) is 16.0 Å². The van der Waals surface area contributed by atoms with Crippen molar-refractivity contribution in [3.63, 3.8) is 0 Å². The molecule has 0 unspecified atom stereocenters. The van der Waals surface area contributed by atoms with Crippen molar-refractivity contribution in [2.24, 2.45) is 10.2 Å². The number of aromatic nitrogens is 2. The monoisotopic (exact) mass is 347 g/mol. The molecule has 8 nitrogen and oxygen atoms in total. The number of H-pyrrole nitrogens is 1. The van der Waals surface area contributed by atoms with Gasteiger partial charge in [0.15, 0.2) is 5.69 Å². The van der Waals surface area contributed by atoms with Crippen LogP contribution in [0.3, 0.4) is 0 Å². The molecule has 0 aliphatic carbocycles. The molecule has 4 rings (SSSR count). The molecule has 8 heteroatoms. The number of nitro groups is 1. The Kier molecular flexibility index (Phi) is 3.58. The van der Waals surface area contributed by atoms with Crippen LogP contribution in [0.2, 0.25) is 0 Å². The minimum atomic E-state index is -0.480. The average molecular weight is 347 g/mol. The van der Waals surface area contributed by atoms with E-state index in [1.807, 2.05) is 24.3 Å². The molecule has 0 bridgehead atoms. The normalized spacial score (nSPS) is 11.6. The first-order valence-electron chi connectivity index (χ1n) is 7.80. The highest BCUT2D eigenvalue weighted by molar-refractivity contribution is 5.97. The first-order chi connectivity index (χ1) is 12.5. The van der Waals surface area contributed by atoms with Gasteiger partial charge in [-0.15, -0.1) is 10.2 Å². The predicted octanol–water partition coefficient (Wildman–Crippen LogP) is 5.05. The molecule has 0 amide bonds. The zero-order valence-corrected chi connectivity index (χ0v) is 13.7. The van der Waals surface area contributed by atoms with Gasteiger partial charge < -0.3 is 10.1 Å². The van der Waals surface area contributed by atoms with E-state index in [0.717, 1.165) is 5.39 Å². The Hall–Kier alpha value is -3.81. The number of nitro benzene ring substituents is 1. The Morgan fingerprint density at radius 1 is 1.19 bits per heavy atom. The molecule has 2 aromatic heterocycles. The minimum Gasteiger partial charge on any atom is -0.493 e. The van der Waals surface area contributed by atoms with Crippen LogP contribution in [0.5, 0.6) is 5.88 Å². The number of nitrogens with one attached hydrogen (secondary N) is 1. The molecular formula is C18H13N5O3. The van der Waals surface area contributed by atoms with Crippen LogP contribution in [-0.2, 0) is 0 Å². The summed E-state index contributed by atoms with van der Waals surface area (Å²) in [7, 11) is 0. The summed E-state index contributed by atoms with van der Waals surface area (Å²) in [6.45, 7) is 1.72. The first kappa shape index (κ1) is 15.7. The second-order valence-electron chi connectivity index (χ2n) is 5.82. The lowest BCUT2D eigenvalue weighted by Gasteiger charge is -1.99. The molecule has 2 aromatic carbocycles. The molecule has 0 spiro atoms. The van der Waals surface area contributed by atoms with Crippen molar-refractivity contribution < 1.29 is 10.0 Å². The van der Waals surface area contributed by atoms with Crippen molar-refractivity contribution in [1.82, 2.24) is 9.97 Å². The third-order valence-electron chi connectivity index (χ3n) is 4.12. The summed E-state index contributed by atoms with van der Waals surface area (Å²) >= 11 is 0. The van der Waals surface area contributed by atoms with Crippen molar-refractivity contribution in [1.29, 1.82) is 0 Å². The number of pyridine rings is 1. The van der Waals surface area contributed by atoms with Crippen molar-refractivity contribution >= 4 is 38.9 Å². The predicted molar refractivity (Wildman–Crippen MR) is 97.3 cm³/mol. The molecule has 0 radical (unpaired) electrons.